The Kier molecular flexibility index (Phi) is 4.64. The van der Waals surface area contributed by atoms with Gasteiger partial charge in [0.15, 0.2) is 0 Å². The second kappa shape index (κ2) is 6.67. The van der Waals surface area contributed by atoms with Gasteiger partial charge < -0.3 is 15.3 Å². The van der Waals surface area contributed by atoms with Crippen molar-refractivity contribution in [1.82, 2.24) is 10.2 Å². The summed E-state index contributed by atoms with van der Waals surface area (Å²) in [4.78, 5) is 14.2. The molecule has 3 rings (SSSR count). The molecule has 1 aromatic heterocycles. The lowest BCUT2D eigenvalue weighted by Gasteiger charge is -2.32. The molecule has 2 heterocycles. The van der Waals surface area contributed by atoms with Gasteiger partial charge in [-0.25, -0.2) is 4.79 Å². The third-order valence-corrected chi connectivity index (χ3v) is 5.46. The number of nitrogens with one attached hydrogen (secondary N) is 1. The van der Waals surface area contributed by atoms with E-state index >= 15 is 0 Å². The minimum Gasteiger partial charge on any atom is -0.396 e. The van der Waals surface area contributed by atoms with Crippen molar-refractivity contribution < 1.29 is 9.90 Å². The topological polar surface area (TPSA) is 52.6 Å². The minimum absolute atomic E-state index is 0.000727. The number of fused-ring (bicyclic) bond motifs is 1. The van der Waals surface area contributed by atoms with E-state index in [-0.39, 0.29) is 18.7 Å². The summed E-state index contributed by atoms with van der Waals surface area (Å²) < 4.78 is 1.25. The van der Waals surface area contributed by atoms with Crippen LogP contribution in [0, 0.1) is 5.92 Å². The number of urea groups is 1. The van der Waals surface area contributed by atoms with Crippen molar-refractivity contribution in [1.29, 1.82) is 0 Å². The first-order chi connectivity index (χ1) is 10.7. The Morgan fingerprint density at radius 3 is 2.86 bits per heavy atom. The number of hydrogen-bond acceptors (Lipinski definition) is 3. The maximum absolute atomic E-state index is 12.4. The molecule has 0 aliphatic carbocycles. The molecule has 1 aliphatic heterocycles. The monoisotopic (exact) mass is 318 g/mol. The van der Waals surface area contributed by atoms with Crippen molar-refractivity contribution in [2.24, 2.45) is 5.92 Å². The van der Waals surface area contributed by atoms with Crippen LogP contribution < -0.4 is 5.32 Å². The molecule has 1 atom stereocenters. The highest BCUT2D eigenvalue weighted by atomic mass is 32.1. The second-order valence-electron chi connectivity index (χ2n) is 5.97. The Morgan fingerprint density at radius 2 is 2.14 bits per heavy atom. The molecule has 22 heavy (non-hydrogen) atoms. The number of hydrogen-bond donors (Lipinski definition) is 2. The lowest BCUT2D eigenvalue weighted by atomic mass is 9.98. The first kappa shape index (κ1) is 15.3. The average Bonchev–Trinajstić information content (AvgIpc) is 2.99. The van der Waals surface area contributed by atoms with E-state index in [2.05, 4.69) is 22.8 Å². The number of carbonyl (C=O) groups is 1. The summed E-state index contributed by atoms with van der Waals surface area (Å²) in [7, 11) is 0. The number of carbonyl (C=O) groups excluding carboxylic acids is 1. The SMILES string of the molecule is C[C@H](NC(=O)N1CCC(CO)CC1)c1csc2ccccc12. The van der Waals surface area contributed by atoms with Crippen molar-refractivity contribution in [2.45, 2.75) is 25.8 Å². The highest BCUT2D eigenvalue weighted by Gasteiger charge is 2.23. The Labute approximate surface area is 134 Å². The zero-order valence-corrected chi connectivity index (χ0v) is 13.6. The van der Waals surface area contributed by atoms with E-state index in [1.165, 1.54) is 15.6 Å². The Hall–Kier alpha value is -1.59. The zero-order valence-electron chi connectivity index (χ0n) is 12.8. The van der Waals surface area contributed by atoms with Crippen molar-refractivity contribution in [3.05, 3.63) is 35.2 Å². The molecule has 1 aromatic carbocycles. The lowest BCUT2D eigenvalue weighted by molar-refractivity contribution is 0.136. The molecule has 0 saturated carbocycles. The zero-order chi connectivity index (χ0) is 15.5. The van der Waals surface area contributed by atoms with Gasteiger partial charge in [0, 0.05) is 24.4 Å². The number of likely N-dealkylation sites (tertiary alicyclic amines) is 1. The maximum atomic E-state index is 12.4. The Balaban J connectivity index is 1.64. The van der Waals surface area contributed by atoms with Crippen molar-refractivity contribution in [3.8, 4) is 0 Å². The van der Waals surface area contributed by atoms with Gasteiger partial charge in [-0.1, -0.05) is 18.2 Å². The number of nitrogens with zero attached hydrogens (tertiary/aromatic N) is 1. The number of benzene rings is 1. The molecule has 1 saturated heterocycles. The fourth-order valence-electron chi connectivity index (χ4n) is 3.01. The molecule has 0 radical (unpaired) electrons. The van der Waals surface area contributed by atoms with Crippen LogP contribution in [0.2, 0.25) is 0 Å². The van der Waals surface area contributed by atoms with Crippen LogP contribution >= 0.6 is 11.3 Å². The quantitative estimate of drug-likeness (QED) is 0.911. The number of amides is 2. The van der Waals surface area contributed by atoms with Crippen LogP contribution in [0.3, 0.4) is 0 Å². The second-order valence-corrected chi connectivity index (χ2v) is 6.88. The van der Waals surface area contributed by atoms with E-state index < -0.39 is 0 Å². The molecule has 2 aromatic rings. The number of rotatable bonds is 3. The molecule has 2 amide bonds. The molecule has 118 valence electrons. The molecule has 0 spiro atoms. The fraction of sp³-hybridized carbons (Fsp3) is 0.471. The maximum Gasteiger partial charge on any atom is 0.317 e. The van der Waals surface area contributed by atoms with E-state index in [0.29, 0.717) is 5.92 Å². The van der Waals surface area contributed by atoms with Gasteiger partial charge in [-0.2, -0.15) is 0 Å². The van der Waals surface area contributed by atoms with Gasteiger partial charge in [-0.05, 0) is 48.1 Å². The summed E-state index contributed by atoms with van der Waals surface area (Å²) in [6.45, 7) is 3.72. The van der Waals surface area contributed by atoms with Gasteiger partial charge in [-0.3, -0.25) is 0 Å². The first-order valence-corrected chi connectivity index (χ1v) is 8.69. The van der Waals surface area contributed by atoms with Gasteiger partial charge in [0.05, 0.1) is 6.04 Å². The molecule has 0 unspecified atom stereocenters. The van der Waals surface area contributed by atoms with Gasteiger partial charge >= 0.3 is 6.03 Å². The lowest BCUT2D eigenvalue weighted by Crippen LogP contribution is -2.45. The van der Waals surface area contributed by atoms with E-state index in [1.54, 1.807) is 11.3 Å². The molecular weight excluding hydrogens is 296 g/mol. The standard InChI is InChI=1S/C17H22N2O2S/c1-12(15-11-22-16-5-3-2-4-14(15)16)18-17(21)19-8-6-13(10-20)7-9-19/h2-5,11-13,20H,6-10H2,1H3,(H,18,21)/t12-/m0/s1. The third kappa shape index (κ3) is 3.10. The highest BCUT2D eigenvalue weighted by Crippen LogP contribution is 2.30. The van der Waals surface area contributed by atoms with E-state index in [9.17, 15) is 4.79 Å². The van der Waals surface area contributed by atoms with Crippen LogP contribution in [-0.2, 0) is 0 Å². The van der Waals surface area contributed by atoms with Crippen molar-refractivity contribution in [3.63, 3.8) is 0 Å². The van der Waals surface area contributed by atoms with Gasteiger partial charge in [0.1, 0.15) is 0 Å². The number of piperidine rings is 1. The Morgan fingerprint density at radius 1 is 1.41 bits per heavy atom. The van der Waals surface area contributed by atoms with Crippen molar-refractivity contribution >= 4 is 27.5 Å². The molecule has 4 nitrogen and oxygen atoms in total. The summed E-state index contributed by atoms with van der Waals surface area (Å²) in [5.41, 5.74) is 1.18. The average molecular weight is 318 g/mol. The summed E-state index contributed by atoms with van der Waals surface area (Å²) >= 11 is 1.72. The van der Waals surface area contributed by atoms with Crippen molar-refractivity contribution in [2.75, 3.05) is 19.7 Å². The molecule has 2 N–H and O–H groups in total. The predicted octanol–water partition coefficient (Wildman–Crippen LogP) is 3.38. The largest absolute Gasteiger partial charge is 0.396 e. The van der Waals surface area contributed by atoms with Crippen LogP contribution in [-0.4, -0.2) is 35.7 Å². The van der Waals surface area contributed by atoms with E-state index in [1.807, 2.05) is 24.0 Å². The normalized spacial score (nSPS) is 17.6. The Bertz CT molecular complexity index is 647. The van der Waals surface area contributed by atoms with Crippen LogP contribution in [0.4, 0.5) is 4.79 Å². The van der Waals surface area contributed by atoms with Crippen LogP contribution in [0.5, 0.6) is 0 Å². The van der Waals surface area contributed by atoms with E-state index in [0.717, 1.165) is 25.9 Å². The summed E-state index contributed by atoms with van der Waals surface area (Å²) in [5, 5.41) is 15.6. The summed E-state index contributed by atoms with van der Waals surface area (Å²) in [6.07, 6.45) is 1.78. The number of aliphatic hydroxyl groups excluding tert-OH is 1. The number of thiophene rings is 1. The van der Waals surface area contributed by atoms with Gasteiger partial charge in [-0.15, -0.1) is 11.3 Å². The molecule has 0 bridgehead atoms. The highest BCUT2D eigenvalue weighted by molar-refractivity contribution is 7.17. The van der Waals surface area contributed by atoms with Crippen LogP contribution in [0.25, 0.3) is 10.1 Å². The number of aliphatic hydroxyl groups is 1. The van der Waals surface area contributed by atoms with E-state index in [4.69, 9.17) is 5.11 Å². The van der Waals surface area contributed by atoms with Gasteiger partial charge in [0.2, 0.25) is 0 Å². The summed E-state index contributed by atoms with van der Waals surface area (Å²) in [6, 6.07) is 8.29. The molecule has 5 heteroatoms. The minimum atomic E-state index is -0.000768. The van der Waals surface area contributed by atoms with Crippen LogP contribution in [0.1, 0.15) is 31.4 Å². The third-order valence-electron chi connectivity index (χ3n) is 4.48. The molecular formula is C17H22N2O2S. The molecule has 1 aliphatic rings. The predicted molar refractivity (Wildman–Crippen MR) is 90.2 cm³/mol. The molecule has 1 fully saturated rings. The smallest absolute Gasteiger partial charge is 0.317 e. The van der Waals surface area contributed by atoms with Crippen LogP contribution in [0.15, 0.2) is 29.6 Å². The first-order valence-electron chi connectivity index (χ1n) is 7.81. The fourth-order valence-corrected chi connectivity index (χ4v) is 4.06. The van der Waals surface area contributed by atoms with Gasteiger partial charge in [0.25, 0.3) is 0 Å². The summed E-state index contributed by atoms with van der Waals surface area (Å²) in [5.74, 6) is 0.349.